The highest BCUT2D eigenvalue weighted by Crippen LogP contribution is 2.73. The molecule has 3 unspecified atom stereocenters. The molecule has 2 aromatic carbocycles. The van der Waals surface area contributed by atoms with Crippen molar-refractivity contribution in [3.05, 3.63) is 58.2 Å². The van der Waals surface area contributed by atoms with Crippen LogP contribution >= 0.6 is 0 Å². The molecule has 7 aliphatic carbocycles. The zero-order chi connectivity index (χ0) is 18.3. The SMILES string of the molecule is O=C1Cc2cc3ccc4cc3cc2CC1C12CCC(C1)C1=C2C2CCC14CC2. The maximum atomic E-state index is 13.5. The fourth-order valence-corrected chi connectivity index (χ4v) is 9.14. The number of carbonyl (C=O) groups excluding carboxylic acids is 1. The molecule has 0 aromatic heterocycles. The number of carbonyl (C=O) groups is 1. The van der Waals surface area contributed by atoms with Crippen LogP contribution in [0.4, 0.5) is 0 Å². The zero-order valence-electron chi connectivity index (χ0n) is 16.4. The van der Waals surface area contributed by atoms with E-state index in [0.29, 0.717) is 12.2 Å². The average molecular weight is 367 g/mol. The number of hydrogen-bond acceptors (Lipinski definition) is 1. The van der Waals surface area contributed by atoms with Gasteiger partial charge in [0.25, 0.3) is 0 Å². The Morgan fingerprint density at radius 2 is 1.64 bits per heavy atom. The molecule has 10 bridgehead atoms. The maximum Gasteiger partial charge on any atom is 0.141 e. The van der Waals surface area contributed by atoms with E-state index in [4.69, 9.17) is 0 Å². The third-order valence-corrected chi connectivity index (χ3v) is 10.1. The molecule has 0 heterocycles. The Labute approximate surface area is 166 Å². The summed E-state index contributed by atoms with van der Waals surface area (Å²) in [7, 11) is 0. The van der Waals surface area contributed by atoms with Crippen molar-refractivity contribution in [2.45, 2.75) is 63.2 Å². The first-order valence-corrected chi connectivity index (χ1v) is 11.5. The van der Waals surface area contributed by atoms with E-state index in [1.165, 1.54) is 66.8 Å². The van der Waals surface area contributed by atoms with Gasteiger partial charge in [-0.1, -0.05) is 41.5 Å². The molecule has 1 nitrogen and oxygen atoms in total. The molecule has 2 fully saturated rings. The van der Waals surface area contributed by atoms with Gasteiger partial charge in [-0.15, -0.1) is 0 Å². The molecule has 2 saturated carbocycles. The van der Waals surface area contributed by atoms with E-state index in [1.807, 2.05) is 11.1 Å². The minimum atomic E-state index is 0.220. The molecule has 0 saturated heterocycles. The maximum absolute atomic E-state index is 13.5. The number of allylic oxidation sites excluding steroid dienone is 2. The van der Waals surface area contributed by atoms with Crippen LogP contribution in [0.3, 0.4) is 0 Å². The summed E-state index contributed by atoms with van der Waals surface area (Å²) < 4.78 is 0. The van der Waals surface area contributed by atoms with Crippen LogP contribution in [0.2, 0.25) is 0 Å². The Bertz CT molecular complexity index is 1140. The first-order valence-electron chi connectivity index (χ1n) is 11.5. The number of ketones is 1. The minimum absolute atomic E-state index is 0.220. The Balaban J connectivity index is 1.55. The van der Waals surface area contributed by atoms with Crippen molar-refractivity contribution in [1.29, 1.82) is 0 Å². The van der Waals surface area contributed by atoms with Crippen LogP contribution in [0.15, 0.2) is 41.5 Å². The highest BCUT2D eigenvalue weighted by Gasteiger charge is 2.64. The lowest BCUT2D eigenvalue weighted by molar-refractivity contribution is -0.126. The van der Waals surface area contributed by atoms with Gasteiger partial charge in [0, 0.05) is 23.2 Å². The predicted molar refractivity (Wildman–Crippen MR) is 110 cm³/mol. The van der Waals surface area contributed by atoms with E-state index in [1.54, 1.807) is 5.56 Å². The molecule has 3 atom stereocenters. The van der Waals surface area contributed by atoms with Gasteiger partial charge >= 0.3 is 0 Å². The van der Waals surface area contributed by atoms with Crippen molar-refractivity contribution in [1.82, 2.24) is 0 Å². The van der Waals surface area contributed by atoms with Gasteiger partial charge in [-0.2, -0.15) is 0 Å². The van der Waals surface area contributed by atoms with Crippen molar-refractivity contribution in [3.8, 4) is 0 Å². The van der Waals surface area contributed by atoms with Gasteiger partial charge in [0.05, 0.1) is 0 Å². The van der Waals surface area contributed by atoms with Crippen LogP contribution in [0.1, 0.15) is 61.6 Å². The average Bonchev–Trinajstić information content (AvgIpc) is 3.31. The van der Waals surface area contributed by atoms with Gasteiger partial charge in [0.15, 0.2) is 0 Å². The molecular weight excluding hydrogens is 340 g/mol. The molecule has 140 valence electrons. The third kappa shape index (κ3) is 1.45. The Morgan fingerprint density at radius 1 is 0.821 bits per heavy atom. The molecule has 0 aliphatic heterocycles. The normalized spacial score (nSPS) is 41.6. The molecule has 0 N–H and O–H groups in total. The van der Waals surface area contributed by atoms with Crippen LogP contribution in [-0.2, 0) is 23.1 Å². The fraction of sp³-hybridized carbons (Fsp3) is 0.519. The van der Waals surface area contributed by atoms with E-state index in [-0.39, 0.29) is 16.7 Å². The summed E-state index contributed by atoms with van der Waals surface area (Å²) in [5, 5.41) is 2.74. The summed E-state index contributed by atoms with van der Waals surface area (Å²) >= 11 is 0. The molecule has 0 radical (unpaired) electrons. The van der Waals surface area contributed by atoms with E-state index in [2.05, 4.69) is 30.3 Å². The van der Waals surface area contributed by atoms with Crippen LogP contribution < -0.4 is 0 Å². The van der Waals surface area contributed by atoms with Crippen molar-refractivity contribution in [2.75, 3.05) is 0 Å². The van der Waals surface area contributed by atoms with Crippen molar-refractivity contribution < 1.29 is 4.79 Å². The quantitative estimate of drug-likeness (QED) is 0.549. The summed E-state index contributed by atoms with van der Waals surface area (Å²) in [5.74, 6) is 2.35. The number of fused-ring (bicyclic) bond motifs is 5. The number of hydrogen-bond donors (Lipinski definition) is 0. The topological polar surface area (TPSA) is 17.1 Å². The first kappa shape index (κ1) is 15.0. The summed E-state index contributed by atoms with van der Waals surface area (Å²) in [4.78, 5) is 13.5. The Kier molecular flexibility index (Phi) is 2.40. The number of rotatable bonds is 0. The van der Waals surface area contributed by atoms with Crippen LogP contribution in [0.5, 0.6) is 0 Å². The summed E-state index contributed by atoms with van der Waals surface area (Å²) in [6.45, 7) is 0. The second kappa shape index (κ2) is 4.48. The van der Waals surface area contributed by atoms with Crippen LogP contribution in [0.25, 0.3) is 10.8 Å². The summed E-state index contributed by atoms with van der Waals surface area (Å²) in [6, 6.07) is 12.1. The molecule has 1 heteroatoms. The van der Waals surface area contributed by atoms with Gasteiger partial charge in [-0.3, -0.25) is 4.79 Å². The number of Topliss-reactive ketones (excluding diaryl/α,β-unsaturated/α-hetero) is 1. The fourth-order valence-electron chi connectivity index (χ4n) is 9.14. The third-order valence-electron chi connectivity index (χ3n) is 10.1. The van der Waals surface area contributed by atoms with Crippen molar-refractivity contribution >= 4 is 16.6 Å². The standard InChI is InChI=1S/C27H26O/c28-23-13-20-9-16-1-2-21-11-18(16)10-19(20)12-22(23)27-8-5-17(14-27)25-24(27)15-3-6-26(21,25)7-4-15/h1-2,9-11,15,17,22H,3-8,12-14H2. The van der Waals surface area contributed by atoms with Gasteiger partial charge in [-0.05, 0) is 90.7 Å². The zero-order valence-corrected chi connectivity index (χ0v) is 16.4. The highest BCUT2D eigenvalue weighted by atomic mass is 16.1. The van der Waals surface area contributed by atoms with Crippen molar-refractivity contribution in [2.24, 2.45) is 23.2 Å². The van der Waals surface area contributed by atoms with E-state index in [9.17, 15) is 4.79 Å². The molecule has 2 aromatic rings. The molecule has 0 amide bonds. The summed E-state index contributed by atoms with van der Waals surface area (Å²) in [5.41, 5.74) is 8.57. The largest absolute Gasteiger partial charge is 0.299 e. The first-order chi connectivity index (χ1) is 13.7. The van der Waals surface area contributed by atoms with Crippen molar-refractivity contribution in [3.63, 3.8) is 0 Å². The second-order valence-electron chi connectivity index (χ2n) is 10.9. The lowest BCUT2D eigenvalue weighted by Gasteiger charge is -2.54. The smallest absolute Gasteiger partial charge is 0.141 e. The summed E-state index contributed by atoms with van der Waals surface area (Å²) in [6.07, 6.45) is 11.0. The lowest BCUT2D eigenvalue weighted by Crippen LogP contribution is -2.47. The highest BCUT2D eigenvalue weighted by molar-refractivity contribution is 5.92. The van der Waals surface area contributed by atoms with E-state index < -0.39 is 0 Å². The van der Waals surface area contributed by atoms with E-state index >= 15 is 0 Å². The van der Waals surface area contributed by atoms with Gasteiger partial charge in [0.2, 0.25) is 0 Å². The molecule has 9 rings (SSSR count). The predicted octanol–water partition coefficient (Wildman–Crippen LogP) is 5.68. The van der Waals surface area contributed by atoms with Gasteiger partial charge in [-0.25, -0.2) is 0 Å². The lowest BCUT2D eigenvalue weighted by atomic mass is 9.49. The molecule has 28 heavy (non-hydrogen) atoms. The van der Waals surface area contributed by atoms with Gasteiger partial charge in [0.1, 0.15) is 5.78 Å². The second-order valence-corrected chi connectivity index (χ2v) is 10.9. The molecular formula is C27H26O. The molecule has 2 spiro atoms. The van der Waals surface area contributed by atoms with E-state index in [0.717, 1.165) is 18.3 Å². The number of benzene rings is 2. The Morgan fingerprint density at radius 3 is 2.54 bits per heavy atom. The van der Waals surface area contributed by atoms with Crippen LogP contribution in [0, 0.1) is 23.2 Å². The van der Waals surface area contributed by atoms with Gasteiger partial charge < -0.3 is 0 Å². The Hall–Kier alpha value is -1.89. The molecule has 7 aliphatic rings. The van der Waals surface area contributed by atoms with Crippen LogP contribution in [-0.4, -0.2) is 5.78 Å². The minimum Gasteiger partial charge on any atom is -0.299 e. The monoisotopic (exact) mass is 366 g/mol.